The van der Waals surface area contributed by atoms with Crippen molar-refractivity contribution >= 4 is 11.6 Å². The standard InChI is InChI=1S/C13H19ClFNO/c1-13(2,3)12(17-4)11(16)9-6-5-8(14)7-10(9)15/h5-7,11-12H,16H2,1-4H3. The average Bonchev–Trinajstić information content (AvgIpc) is 2.15. The van der Waals surface area contributed by atoms with Crippen molar-refractivity contribution in [1.29, 1.82) is 0 Å². The molecule has 0 aliphatic carbocycles. The van der Waals surface area contributed by atoms with E-state index >= 15 is 0 Å². The van der Waals surface area contributed by atoms with Gasteiger partial charge >= 0.3 is 0 Å². The maximum absolute atomic E-state index is 13.8. The number of methoxy groups -OCH3 is 1. The summed E-state index contributed by atoms with van der Waals surface area (Å²) in [4.78, 5) is 0. The van der Waals surface area contributed by atoms with Crippen LogP contribution in [0.15, 0.2) is 18.2 Å². The SMILES string of the molecule is COC(C(N)c1ccc(Cl)cc1F)C(C)(C)C. The first-order valence-electron chi connectivity index (χ1n) is 5.50. The van der Waals surface area contributed by atoms with Gasteiger partial charge in [-0.3, -0.25) is 0 Å². The largest absolute Gasteiger partial charge is 0.379 e. The van der Waals surface area contributed by atoms with Crippen LogP contribution in [0, 0.1) is 11.2 Å². The molecule has 2 N–H and O–H groups in total. The summed E-state index contributed by atoms with van der Waals surface area (Å²) >= 11 is 5.71. The molecule has 0 bridgehead atoms. The zero-order chi connectivity index (χ0) is 13.2. The second-order valence-electron chi connectivity index (χ2n) is 5.21. The van der Waals surface area contributed by atoms with Crippen LogP contribution in [0.2, 0.25) is 5.02 Å². The van der Waals surface area contributed by atoms with Crippen LogP contribution in [0.25, 0.3) is 0 Å². The Morgan fingerprint density at radius 2 is 1.94 bits per heavy atom. The number of halogens is 2. The molecule has 0 aliphatic rings. The summed E-state index contributed by atoms with van der Waals surface area (Å²) in [6.45, 7) is 6.03. The molecule has 0 aromatic heterocycles. The third-order valence-corrected chi connectivity index (χ3v) is 2.99. The molecule has 1 aromatic rings. The first-order valence-corrected chi connectivity index (χ1v) is 5.88. The van der Waals surface area contributed by atoms with E-state index in [4.69, 9.17) is 22.1 Å². The summed E-state index contributed by atoms with van der Waals surface area (Å²) in [5.41, 5.74) is 6.34. The van der Waals surface area contributed by atoms with Gasteiger partial charge < -0.3 is 10.5 Å². The molecule has 0 saturated carbocycles. The Balaban J connectivity index is 3.06. The minimum Gasteiger partial charge on any atom is -0.379 e. The predicted molar refractivity (Wildman–Crippen MR) is 68.6 cm³/mol. The number of benzene rings is 1. The van der Waals surface area contributed by atoms with E-state index in [9.17, 15) is 4.39 Å². The van der Waals surface area contributed by atoms with Gasteiger partial charge in [0.15, 0.2) is 0 Å². The summed E-state index contributed by atoms with van der Waals surface area (Å²) in [5.74, 6) is -0.392. The molecule has 0 heterocycles. The molecule has 2 nitrogen and oxygen atoms in total. The quantitative estimate of drug-likeness (QED) is 0.901. The van der Waals surface area contributed by atoms with E-state index in [1.54, 1.807) is 19.2 Å². The fraction of sp³-hybridized carbons (Fsp3) is 0.538. The molecule has 17 heavy (non-hydrogen) atoms. The number of hydrogen-bond acceptors (Lipinski definition) is 2. The van der Waals surface area contributed by atoms with E-state index in [0.717, 1.165) is 0 Å². The van der Waals surface area contributed by atoms with Crippen LogP contribution in [0.3, 0.4) is 0 Å². The second kappa shape index (κ2) is 5.34. The minimum atomic E-state index is -0.516. The third-order valence-electron chi connectivity index (χ3n) is 2.76. The van der Waals surface area contributed by atoms with Crippen molar-refractivity contribution in [2.45, 2.75) is 32.9 Å². The van der Waals surface area contributed by atoms with Gasteiger partial charge in [0.1, 0.15) is 5.82 Å². The summed E-state index contributed by atoms with van der Waals surface area (Å²) in [6.07, 6.45) is -0.266. The van der Waals surface area contributed by atoms with Crippen LogP contribution < -0.4 is 5.73 Å². The summed E-state index contributed by atoms with van der Waals surface area (Å²) in [6, 6.07) is 4.00. The number of rotatable bonds is 3. The van der Waals surface area contributed by atoms with Crippen LogP contribution in [-0.4, -0.2) is 13.2 Å². The maximum atomic E-state index is 13.8. The van der Waals surface area contributed by atoms with Gasteiger partial charge in [0.05, 0.1) is 12.1 Å². The molecule has 1 aromatic carbocycles. The Hall–Kier alpha value is -0.640. The maximum Gasteiger partial charge on any atom is 0.129 e. The Labute approximate surface area is 107 Å². The van der Waals surface area contributed by atoms with Crippen LogP contribution in [0.5, 0.6) is 0 Å². The molecule has 2 atom stereocenters. The highest BCUT2D eigenvalue weighted by Gasteiger charge is 2.32. The first kappa shape index (κ1) is 14.4. The van der Waals surface area contributed by atoms with Gasteiger partial charge in [-0.2, -0.15) is 0 Å². The van der Waals surface area contributed by atoms with E-state index < -0.39 is 11.9 Å². The Morgan fingerprint density at radius 1 is 1.35 bits per heavy atom. The monoisotopic (exact) mass is 259 g/mol. The third kappa shape index (κ3) is 3.41. The van der Waals surface area contributed by atoms with Crippen molar-refractivity contribution in [3.05, 3.63) is 34.6 Å². The van der Waals surface area contributed by atoms with E-state index in [1.807, 2.05) is 20.8 Å². The Kier molecular flexibility index (Phi) is 4.53. The molecule has 0 amide bonds. The Bertz CT molecular complexity index is 389. The molecule has 0 radical (unpaired) electrons. The highest BCUT2D eigenvalue weighted by molar-refractivity contribution is 6.30. The fourth-order valence-electron chi connectivity index (χ4n) is 1.97. The zero-order valence-electron chi connectivity index (χ0n) is 10.6. The van der Waals surface area contributed by atoms with Crippen LogP contribution in [0.1, 0.15) is 32.4 Å². The van der Waals surface area contributed by atoms with E-state index in [2.05, 4.69) is 0 Å². The van der Waals surface area contributed by atoms with Gasteiger partial charge in [0.25, 0.3) is 0 Å². The van der Waals surface area contributed by atoms with Crippen LogP contribution in [-0.2, 0) is 4.74 Å². The summed E-state index contributed by atoms with van der Waals surface area (Å²) < 4.78 is 19.2. The molecule has 1 rings (SSSR count). The lowest BCUT2D eigenvalue weighted by Crippen LogP contribution is -2.39. The Morgan fingerprint density at radius 3 is 2.35 bits per heavy atom. The molecule has 0 saturated heterocycles. The van der Waals surface area contributed by atoms with Gasteiger partial charge in [0.2, 0.25) is 0 Å². The zero-order valence-corrected chi connectivity index (χ0v) is 11.4. The van der Waals surface area contributed by atoms with E-state index in [1.165, 1.54) is 6.07 Å². The van der Waals surface area contributed by atoms with Crippen molar-refractivity contribution < 1.29 is 9.13 Å². The number of nitrogens with two attached hydrogens (primary N) is 1. The molecule has 96 valence electrons. The second-order valence-corrected chi connectivity index (χ2v) is 5.65. The lowest BCUT2D eigenvalue weighted by molar-refractivity contribution is -0.00314. The average molecular weight is 260 g/mol. The van der Waals surface area contributed by atoms with Gasteiger partial charge in [-0.05, 0) is 17.5 Å². The van der Waals surface area contributed by atoms with Gasteiger partial charge in [0, 0.05) is 17.7 Å². The molecule has 4 heteroatoms. The summed E-state index contributed by atoms with van der Waals surface area (Å²) in [5, 5.41) is 0.364. The van der Waals surface area contributed by atoms with E-state index in [-0.39, 0.29) is 11.5 Å². The fourth-order valence-corrected chi connectivity index (χ4v) is 2.13. The van der Waals surface area contributed by atoms with Crippen molar-refractivity contribution in [1.82, 2.24) is 0 Å². The molecule has 0 spiro atoms. The van der Waals surface area contributed by atoms with Crippen molar-refractivity contribution in [2.75, 3.05) is 7.11 Å². The van der Waals surface area contributed by atoms with Crippen LogP contribution in [0.4, 0.5) is 4.39 Å². The lowest BCUT2D eigenvalue weighted by Gasteiger charge is -2.34. The van der Waals surface area contributed by atoms with Crippen LogP contribution >= 0.6 is 11.6 Å². The number of ether oxygens (including phenoxy) is 1. The topological polar surface area (TPSA) is 35.2 Å². The van der Waals surface area contributed by atoms with Crippen molar-refractivity contribution in [3.8, 4) is 0 Å². The molecule has 0 fully saturated rings. The lowest BCUT2D eigenvalue weighted by atomic mass is 9.82. The van der Waals surface area contributed by atoms with E-state index in [0.29, 0.717) is 10.6 Å². The molecule has 2 unspecified atom stereocenters. The minimum absolute atomic E-state index is 0.166. The van der Waals surface area contributed by atoms with Gasteiger partial charge in [-0.25, -0.2) is 4.39 Å². The highest BCUT2D eigenvalue weighted by atomic mass is 35.5. The highest BCUT2D eigenvalue weighted by Crippen LogP contribution is 2.32. The molecular formula is C13H19ClFNO. The summed E-state index contributed by atoms with van der Waals surface area (Å²) in [7, 11) is 1.59. The van der Waals surface area contributed by atoms with Gasteiger partial charge in [-0.1, -0.05) is 38.4 Å². The predicted octanol–water partition coefficient (Wildman–Crippen LogP) is 3.54. The first-order chi connectivity index (χ1) is 7.77. The molecular weight excluding hydrogens is 241 g/mol. The van der Waals surface area contributed by atoms with Crippen molar-refractivity contribution in [3.63, 3.8) is 0 Å². The normalized spacial score (nSPS) is 15.7. The number of hydrogen-bond donors (Lipinski definition) is 1. The molecule has 0 aliphatic heterocycles. The smallest absolute Gasteiger partial charge is 0.129 e. The van der Waals surface area contributed by atoms with Gasteiger partial charge in [-0.15, -0.1) is 0 Å². The van der Waals surface area contributed by atoms with Crippen molar-refractivity contribution in [2.24, 2.45) is 11.1 Å².